The summed E-state index contributed by atoms with van der Waals surface area (Å²) in [5.41, 5.74) is -1.24. The van der Waals surface area contributed by atoms with Crippen molar-refractivity contribution in [2.75, 3.05) is 0 Å². The van der Waals surface area contributed by atoms with Crippen molar-refractivity contribution in [1.29, 1.82) is 0 Å². The van der Waals surface area contributed by atoms with Crippen LogP contribution in [0.2, 0.25) is 0 Å². The molecule has 4 heteroatoms. The van der Waals surface area contributed by atoms with E-state index in [1.54, 1.807) is 6.08 Å². The second-order valence-corrected chi connectivity index (χ2v) is 9.10. The van der Waals surface area contributed by atoms with Gasteiger partial charge in [0, 0.05) is 24.2 Å². The van der Waals surface area contributed by atoms with Gasteiger partial charge in [0.2, 0.25) is 0 Å². The summed E-state index contributed by atoms with van der Waals surface area (Å²) in [7, 11) is 0. The fraction of sp³-hybridized carbons (Fsp3) is 0.750. The standard InChI is InChI=1S/C20H28O4/c1-18(2,3)24-17(23)7-8-19(4)15-11-13-5-9-20(15,12-14(13)21)10-6-16(19)22/h6,10,13,15H,5,7-9,11-12H2,1-4H3/t13-,15?,19+,20+/m0/s1. The van der Waals surface area contributed by atoms with Gasteiger partial charge >= 0.3 is 5.97 Å². The van der Waals surface area contributed by atoms with Crippen molar-refractivity contribution in [2.24, 2.45) is 22.7 Å². The van der Waals surface area contributed by atoms with Crippen molar-refractivity contribution < 1.29 is 19.1 Å². The van der Waals surface area contributed by atoms with E-state index in [4.69, 9.17) is 4.74 Å². The maximum absolute atomic E-state index is 12.7. The summed E-state index contributed by atoms with van der Waals surface area (Å²) in [6, 6.07) is 0. The normalized spacial score (nSPS) is 38.2. The van der Waals surface area contributed by atoms with E-state index in [-0.39, 0.29) is 35.4 Å². The van der Waals surface area contributed by atoms with Gasteiger partial charge in [0.05, 0.1) is 0 Å². The van der Waals surface area contributed by atoms with E-state index >= 15 is 0 Å². The van der Waals surface area contributed by atoms with Gasteiger partial charge in [-0.3, -0.25) is 14.4 Å². The lowest BCUT2D eigenvalue weighted by Crippen LogP contribution is -2.56. The number of rotatable bonds is 3. The molecule has 1 unspecified atom stereocenters. The number of Topliss-reactive ketones (excluding diaryl/α,β-unsaturated/α-hetero) is 1. The van der Waals surface area contributed by atoms with E-state index in [0.29, 0.717) is 18.6 Å². The summed E-state index contributed by atoms with van der Waals surface area (Å²) >= 11 is 0. The molecule has 4 aliphatic carbocycles. The average Bonchev–Trinajstić information content (AvgIpc) is 2.48. The monoisotopic (exact) mass is 332 g/mol. The van der Waals surface area contributed by atoms with Gasteiger partial charge in [0.25, 0.3) is 0 Å². The molecule has 4 aliphatic rings. The molecule has 3 saturated carbocycles. The lowest BCUT2D eigenvalue weighted by Gasteiger charge is -2.57. The summed E-state index contributed by atoms with van der Waals surface area (Å²) in [6.07, 6.45) is 7.70. The minimum Gasteiger partial charge on any atom is -0.460 e. The Hall–Kier alpha value is -1.45. The Labute approximate surface area is 144 Å². The van der Waals surface area contributed by atoms with Crippen LogP contribution in [0.5, 0.6) is 0 Å². The first-order valence-corrected chi connectivity index (χ1v) is 9.04. The highest BCUT2D eigenvalue weighted by molar-refractivity contribution is 5.97. The van der Waals surface area contributed by atoms with Crippen LogP contribution in [0.25, 0.3) is 0 Å². The number of ketones is 2. The molecular weight excluding hydrogens is 304 g/mol. The zero-order valence-corrected chi connectivity index (χ0v) is 15.2. The van der Waals surface area contributed by atoms with Crippen molar-refractivity contribution in [3.05, 3.63) is 12.2 Å². The zero-order chi connectivity index (χ0) is 17.8. The molecule has 4 rings (SSSR count). The Morgan fingerprint density at radius 3 is 2.67 bits per heavy atom. The highest BCUT2D eigenvalue weighted by Crippen LogP contribution is 2.62. The predicted octanol–water partition coefficient (Wildman–Crippen LogP) is 3.63. The third-order valence-electron chi connectivity index (χ3n) is 6.30. The van der Waals surface area contributed by atoms with Gasteiger partial charge in [-0.1, -0.05) is 13.0 Å². The molecule has 0 heterocycles. The van der Waals surface area contributed by atoms with Gasteiger partial charge in [-0.2, -0.15) is 0 Å². The summed E-state index contributed by atoms with van der Waals surface area (Å²) in [5, 5.41) is 0. The highest BCUT2D eigenvalue weighted by atomic mass is 16.6. The van der Waals surface area contributed by atoms with E-state index < -0.39 is 11.0 Å². The van der Waals surface area contributed by atoms with Gasteiger partial charge in [-0.05, 0) is 63.9 Å². The molecule has 24 heavy (non-hydrogen) atoms. The predicted molar refractivity (Wildman–Crippen MR) is 90.2 cm³/mol. The zero-order valence-electron chi connectivity index (χ0n) is 15.2. The first-order valence-electron chi connectivity index (χ1n) is 9.04. The molecule has 0 aromatic rings. The summed E-state index contributed by atoms with van der Waals surface area (Å²) < 4.78 is 5.40. The van der Waals surface area contributed by atoms with Crippen LogP contribution >= 0.6 is 0 Å². The highest BCUT2D eigenvalue weighted by Gasteiger charge is 2.59. The molecular formula is C20H28O4. The molecule has 132 valence electrons. The molecule has 0 amide bonds. The number of hydrogen-bond donors (Lipinski definition) is 0. The first kappa shape index (κ1) is 17.4. The molecule has 0 aromatic carbocycles. The number of ether oxygens (including phenoxy) is 1. The average molecular weight is 332 g/mol. The molecule has 1 spiro atoms. The molecule has 0 N–H and O–H groups in total. The Balaban J connectivity index is 1.79. The Kier molecular flexibility index (Phi) is 4.01. The number of carbonyl (C=O) groups excluding carboxylic acids is 3. The van der Waals surface area contributed by atoms with E-state index in [0.717, 1.165) is 19.3 Å². The number of fused-ring (bicyclic) bond motifs is 2. The number of esters is 1. The van der Waals surface area contributed by atoms with Crippen molar-refractivity contribution >= 4 is 17.5 Å². The lowest BCUT2D eigenvalue weighted by atomic mass is 9.45. The van der Waals surface area contributed by atoms with E-state index in [9.17, 15) is 14.4 Å². The van der Waals surface area contributed by atoms with Crippen LogP contribution in [-0.2, 0) is 19.1 Å². The van der Waals surface area contributed by atoms with Crippen molar-refractivity contribution in [2.45, 2.75) is 71.8 Å². The lowest BCUT2D eigenvalue weighted by molar-refractivity contribution is -0.159. The van der Waals surface area contributed by atoms with Crippen LogP contribution in [0.3, 0.4) is 0 Å². The number of allylic oxidation sites excluding steroid dienone is 2. The van der Waals surface area contributed by atoms with Crippen LogP contribution in [-0.4, -0.2) is 23.1 Å². The minimum absolute atomic E-state index is 0.0988. The molecule has 4 atom stereocenters. The maximum Gasteiger partial charge on any atom is 0.306 e. The van der Waals surface area contributed by atoms with E-state index in [2.05, 4.69) is 0 Å². The summed E-state index contributed by atoms with van der Waals surface area (Å²) in [6.45, 7) is 7.53. The Morgan fingerprint density at radius 1 is 1.33 bits per heavy atom. The fourth-order valence-electron chi connectivity index (χ4n) is 5.04. The molecule has 0 saturated heterocycles. The Morgan fingerprint density at radius 2 is 2.04 bits per heavy atom. The molecule has 3 fully saturated rings. The number of carbonyl (C=O) groups is 3. The van der Waals surface area contributed by atoms with Crippen LogP contribution in [0.15, 0.2) is 12.2 Å². The number of hydrogen-bond acceptors (Lipinski definition) is 4. The van der Waals surface area contributed by atoms with Gasteiger partial charge in [0.1, 0.15) is 11.4 Å². The fourth-order valence-corrected chi connectivity index (χ4v) is 5.04. The SMILES string of the molecule is CC(C)(C)OC(=O)CC[C@@]1(C)C(=O)C=C[C@@]23CC[C@@H](CC21)C(=O)C3. The first-order chi connectivity index (χ1) is 11.1. The molecule has 4 nitrogen and oxygen atoms in total. The van der Waals surface area contributed by atoms with Crippen LogP contribution in [0, 0.1) is 22.7 Å². The van der Waals surface area contributed by atoms with Crippen molar-refractivity contribution in [3.63, 3.8) is 0 Å². The van der Waals surface area contributed by atoms with Crippen LogP contribution < -0.4 is 0 Å². The third kappa shape index (κ3) is 2.84. The maximum atomic E-state index is 12.7. The van der Waals surface area contributed by atoms with Crippen molar-refractivity contribution in [3.8, 4) is 0 Å². The van der Waals surface area contributed by atoms with Crippen LogP contribution in [0.1, 0.15) is 66.2 Å². The second kappa shape index (κ2) is 5.53. The second-order valence-electron chi connectivity index (χ2n) is 9.10. The van der Waals surface area contributed by atoms with Gasteiger partial charge < -0.3 is 4.74 Å². The topological polar surface area (TPSA) is 60.4 Å². The third-order valence-corrected chi connectivity index (χ3v) is 6.30. The van der Waals surface area contributed by atoms with Gasteiger partial charge in [-0.25, -0.2) is 0 Å². The molecule has 0 aliphatic heterocycles. The smallest absolute Gasteiger partial charge is 0.306 e. The van der Waals surface area contributed by atoms with Crippen molar-refractivity contribution in [1.82, 2.24) is 0 Å². The molecule has 2 bridgehead atoms. The molecule has 0 aromatic heterocycles. The summed E-state index contributed by atoms with van der Waals surface area (Å²) in [4.78, 5) is 37.0. The summed E-state index contributed by atoms with van der Waals surface area (Å²) in [5.74, 6) is 0.475. The van der Waals surface area contributed by atoms with Crippen LogP contribution in [0.4, 0.5) is 0 Å². The Bertz CT molecular complexity index is 612. The minimum atomic E-state index is -0.564. The van der Waals surface area contributed by atoms with Gasteiger partial charge in [-0.15, -0.1) is 0 Å². The quantitative estimate of drug-likeness (QED) is 0.741. The van der Waals surface area contributed by atoms with E-state index in [1.807, 2.05) is 33.8 Å². The van der Waals surface area contributed by atoms with E-state index in [1.165, 1.54) is 0 Å². The molecule has 0 radical (unpaired) electrons. The van der Waals surface area contributed by atoms with Gasteiger partial charge in [0.15, 0.2) is 5.78 Å². The largest absolute Gasteiger partial charge is 0.460 e.